The van der Waals surface area contributed by atoms with Crippen LogP contribution in [-0.2, 0) is 9.59 Å². The molecular formula is C12H11NO4. The molecule has 0 saturated carbocycles. The Labute approximate surface area is 98.0 Å². The Morgan fingerprint density at radius 2 is 1.82 bits per heavy atom. The Hall–Kier alpha value is -2.43. The average Bonchev–Trinajstić information content (AvgIpc) is 2.31. The van der Waals surface area contributed by atoms with Gasteiger partial charge in [0.25, 0.3) is 5.91 Å². The number of amides is 2. The first kappa shape index (κ1) is 12.6. The molecule has 5 nitrogen and oxygen atoms in total. The van der Waals surface area contributed by atoms with Crippen LogP contribution in [0.5, 0.6) is 0 Å². The topological polar surface area (TPSA) is 74.7 Å². The van der Waals surface area contributed by atoms with Crippen LogP contribution in [0, 0.1) is 0 Å². The van der Waals surface area contributed by atoms with Gasteiger partial charge in [-0.3, -0.25) is 9.59 Å². The number of carboxylic acid groups (broad SMARTS) is 1. The van der Waals surface area contributed by atoms with E-state index in [-0.39, 0.29) is 5.56 Å². The van der Waals surface area contributed by atoms with Crippen molar-refractivity contribution in [2.24, 2.45) is 0 Å². The highest BCUT2D eigenvalue weighted by molar-refractivity contribution is 6.12. The number of nitrogens with zero attached hydrogens (tertiary/aromatic N) is 1. The molecule has 0 radical (unpaired) electrons. The lowest BCUT2D eigenvalue weighted by molar-refractivity contribution is -0.118. The minimum atomic E-state index is -1.06. The average molecular weight is 233 g/mol. The van der Waals surface area contributed by atoms with Crippen LogP contribution in [0.1, 0.15) is 17.3 Å². The first-order valence-corrected chi connectivity index (χ1v) is 4.84. The largest absolute Gasteiger partial charge is 0.478 e. The Kier molecular flexibility index (Phi) is 4.16. The molecule has 88 valence electrons. The van der Waals surface area contributed by atoms with Gasteiger partial charge in [-0.2, -0.15) is 0 Å². The second-order valence-corrected chi connectivity index (χ2v) is 3.17. The van der Waals surface area contributed by atoms with E-state index in [1.54, 1.807) is 6.92 Å². The Morgan fingerprint density at radius 3 is 2.24 bits per heavy atom. The summed E-state index contributed by atoms with van der Waals surface area (Å²) in [6, 6.07) is 5.46. The smallest absolute Gasteiger partial charge is 0.335 e. The summed E-state index contributed by atoms with van der Waals surface area (Å²) in [4.78, 5) is 33.8. The summed E-state index contributed by atoms with van der Waals surface area (Å²) in [7, 11) is 0. The second-order valence-electron chi connectivity index (χ2n) is 3.17. The highest BCUT2D eigenvalue weighted by atomic mass is 16.4. The highest BCUT2D eigenvalue weighted by Crippen LogP contribution is 2.14. The fourth-order valence-corrected chi connectivity index (χ4v) is 1.23. The highest BCUT2D eigenvalue weighted by Gasteiger charge is 2.12. The van der Waals surface area contributed by atoms with Crippen molar-refractivity contribution in [2.45, 2.75) is 6.92 Å². The van der Waals surface area contributed by atoms with Gasteiger partial charge in [0, 0.05) is 0 Å². The number of aromatic carboxylic acids is 1. The van der Waals surface area contributed by atoms with E-state index in [4.69, 9.17) is 5.11 Å². The molecule has 5 heteroatoms. The van der Waals surface area contributed by atoms with Crippen LogP contribution in [0.15, 0.2) is 36.4 Å². The van der Waals surface area contributed by atoms with E-state index in [0.717, 1.165) is 4.90 Å². The van der Waals surface area contributed by atoms with Crippen LogP contribution in [0.3, 0.4) is 0 Å². The molecule has 0 heterocycles. The Balaban J connectivity index is 3.01. The quantitative estimate of drug-likeness (QED) is 0.631. The SMILES string of the molecule is C/C=C\C(=O)N(C=O)c1ccc(C(=O)O)cc1. The molecule has 0 fully saturated rings. The van der Waals surface area contributed by atoms with Gasteiger partial charge in [0.1, 0.15) is 0 Å². The summed E-state index contributed by atoms with van der Waals surface area (Å²) in [5.41, 5.74) is 0.422. The normalized spacial score (nSPS) is 10.2. The third kappa shape index (κ3) is 3.01. The van der Waals surface area contributed by atoms with Crippen molar-refractivity contribution in [3.63, 3.8) is 0 Å². The molecule has 0 atom stereocenters. The minimum Gasteiger partial charge on any atom is -0.478 e. The van der Waals surface area contributed by atoms with Crippen LogP contribution < -0.4 is 4.90 Å². The number of imide groups is 1. The van der Waals surface area contributed by atoms with Crippen molar-refractivity contribution in [3.8, 4) is 0 Å². The number of allylic oxidation sites excluding steroid dienone is 1. The van der Waals surface area contributed by atoms with Crippen LogP contribution in [0.25, 0.3) is 0 Å². The van der Waals surface area contributed by atoms with Crippen molar-refractivity contribution in [1.29, 1.82) is 0 Å². The van der Waals surface area contributed by atoms with Gasteiger partial charge in [0.05, 0.1) is 11.3 Å². The molecule has 1 rings (SSSR count). The van der Waals surface area contributed by atoms with Crippen molar-refractivity contribution < 1.29 is 19.5 Å². The van der Waals surface area contributed by atoms with Gasteiger partial charge in [-0.15, -0.1) is 0 Å². The summed E-state index contributed by atoms with van der Waals surface area (Å²) in [6.07, 6.45) is 3.15. The molecule has 0 aromatic heterocycles. The number of rotatable bonds is 4. The maximum absolute atomic E-state index is 11.5. The molecule has 0 aliphatic rings. The zero-order valence-electron chi connectivity index (χ0n) is 9.16. The predicted octanol–water partition coefficient (Wildman–Crippen LogP) is 1.45. The van der Waals surface area contributed by atoms with E-state index in [1.165, 1.54) is 36.4 Å². The van der Waals surface area contributed by atoms with Gasteiger partial charge >= 0.3 is 5.97 Å². The molecular weight excluding hydrogens is 222 g/mol. The fourth-order valence-electron chi connectivity index (χ4n) is 1.23. The summed E-state index contributed by atoms with van der Waals surface area (Å²) >= 11 is 0. The molecule has 0 bridgehead atoms. The molecule has 1 N–H and O–H groups in total. The molecule has 0 aliphatic heterocycles. The zero-order chi connectivity index (χ0) is 12.8. The van der Waals surface area contributed by atoms with Gasteiger partial charge in [0.2, 0.25) is 6.41 Å². The number of carbonyl (C=O) groups is 3. The zero-order valence-corrected chi connectivity index (χ0v) is 9.16. The van der Waals surface area contributed by atoms with Crippen LogP contribution in [0.4, 0.5) is 5.69 Å². The molecule has 1 aromatic carbocycles. The van der Waals surface area contributed by atoms with E-state index < -0.39 is 11.9 Å². The molecule has 0 saturated heterocycles. The predicted molar refractivity (Wildman–Crippen MR) is 61.8 cm³/mol. The van der Waals surface area contributed by atoms with Gasteiger partial charge in [-0.25, -0.2) is 9.69 Å². The van der Waals surface area contributed by atoms with Crippen LogP contribution in [-0.4, -0.2) is 23.4 Å². The number of anilines is 1. The summed E-state index contributed by atoms with van der Waals surface area (Å²) in [6.45, 7) is 1.66. The summed E-state index contributed by atoms with van der Waals surface area (Å²) in [5, 5.41) is 8.70. The summed E-state index contributed by atoms with van der Waals surface area (Å²) in [5.74, 6) is -1.54. The lowest BCUT2D eigenvalue weighted by atomic mass is 10.2. The third-order valence-electron chi connectivity index (χ3n) is 2.04. The molecule has 17 heavy (non-hydrogen) atoms. The van der Waals surface area contributed by atoms with E-state index in [1.807, 2.05) is 0 Å². The minimum absolute atomic E-state index is 0.0954. The summed E-state index contributed by atoms with van der Waals surface area (Å²) < 4.78 is 0. The lowest BCUT2D eigenvalue weighted by Crippen LogP contribution is -2.27. The van der Waals surface area contributed by atoms with E-state index >= 15 is 0 Å². The standard InChI is InChI=1S/C12H11NO4/c1-2-3-11(15)13(8-14)10-6-4-9(5-7-10)12(16)17/h2-8H,1H3,(H,16,17)/b3-2-. The number of hydrogen-bond donors (Lipinski definition) is 1. The van der Waals surface area contributed by atoms with Gasteiger partial charge < -0.3 is 5.11 Å². The van der Waals surface area contributed by atoms with Gasteiger partial charge in [-0.1, -0.05) is 6.08 Å². The first-order valence-electron chi connectivity index (χ1n) is 4.84. The van der Waals surface area contributed by atoms with Crippen molar-refractivity contribution in [1.82, 2.24) is 0 Å². The molecule has 0 aliphatic carbocycles. The Morgan fingerprint density at radius 1 is 1.24 bits per heavy atom. The van der Waals surface area contributed by atoms with Crippen molar-refractivity contribution in [3.05, 3.63) is 42.0 Å². The number of carboxylic acids is 1. The fraction of sp³-hybridized carbons (Fsp3) is 0.0833. The number of benzene rings is 1. The van der Waals surface area contributed by atoms with Crippen LogP contribution in [0.2, 0.25) is 0 Å². The molecule has 0 unspecified atom stereocenters. The molecule has 2 amide bonds. The Bertz CT molecular complexity index is 462. The molecule has 0 spiro atoms. The lowest BCUT2D eigenvalue weighted by Gasteiger charge is -2.13. The third-order valence-corrected chi connectivity index (χ3v) is 2.04. The van der Waals surface area contributed by atoms with E-state index in [9.17, 15) is 14.4 Å². The maximum atomic E-state index is 11.5. The maximum Gasteiger partial charge on any atom is 0.335 e. The molecule has 1 aromatic rings. The number of hydrogen-bond acceptors (Lipinski definition) is 3. The van der Waals surface area contributed by atoms with Crippen molar-refractivity contribution >= 4 is 24.0 Å². The second kappa shape index (κ2) is 5.60. The van der Waals surface area contributed by atoms with Gasteiger partial charge in [0.15, 0.2) is 0 Å². The first-order chi connectivity index (χ1) is 8.10. The van der Waals surface area contributed by atoms with E-state index in [2.05, 4.69) is 0 Å². The van der Waals surface area contributed by atoms with Gasteiger partial charge in [-0.05, 0) is 37.3 Å². The van der Waals surface area contributed by atoms with Crippen molar-refractivity contribution in [2.75, 3.05) is 4.90 Å². The van der Waals surface area contributed by atoms with Crippen LogP contribution >= 0.6 is 0 Å². The monoisotopic (exact) mass is 233 g/mol. The van der Waals surface area contributed by atoms with E-state index in [0.29, 0.717) is 12.1 Å². The number of carbonyl (C=O) groups excluding carboxylic acids is 2.